The molecule has 0 radical (unpaired) electrons. The third kappa shape index (κ3) is 7.38. The van der Waals surface area contributed by atoms with E-state index in [1.165, 1.54) is 6.08 Å². The van der Waals surface area contributed by atoms with Gasteiger partial charge in [-0.15, -0.1) is 0 Å². The second-order valence-corrected chi connectivity index (χ2v) is 10.2. The number of nitrogens with two attached hydrogens (primary N) is 1. The Labute approximate surface area is 222 Å². The van der Waals surface area contributed by atoms with Crippen molar-refractivity contribution in [1.82, 2.24) is 15.5 Å². The summed E-state index contributed by atoms with van der Waals surface area (Å²) in [4.78, 5) is 22.3. The van der Waals surface area contributed by atoms with Crippen LogP contribution in [0.2, 0.25) is 0 Å². The predicted octanol–water partition coefficient (Wildman–Crippen LogP) is 5.19. The van der Waals surface area contributed by atoms with Crippen molar-refractivity contribution in [2.75, 3.05) is 6.54 Å². The molecule has 3 N–H and O–H groups in total. The van der Waals surface area contributed by atoms with Crippen LogP contribution in [0.4, 0.5) is 4.39 Å². The SMILES string of the molecule is C=C(O/N=C(\C)C1=CCC(C(=O)NC(C)(C)CN)C(F)=C1)C(C)Oc1ccc(-c2noc(C(C)C)n2)cc1. The summed E-state index contributed by atoms with van der Waals surface area (Å²) in [5, 5.41) is 10.9. The largest absolute Gasteiger partial charge is 0.483 e. The van der Waals surface area contributed by atoms with Crippen LogP contribution in [-0.4, -0.2) is 39.9 Å². The van der Waals surface area contributed by atoms with Gasteiger partial charge in [-0.3, -0.25) is 4.79 Å². The van der Waals surface area contributed by atoms with E-state index >= 15 is 0 Å². The summed E-state index contributed by atoms with van der Waals surface area (Å²) in [5.41, 5.74) is 6.82. The maximum atomic E-state index is 14.7. The van der Waals surface area contributed by atoms with E-state index in [-0.39, 0.29) is 24.6 Å². The van der Waals surface area contributed by atoms with Crippen molar-refractivity contribution in [3.63, 3.8) is 0 Å². The van der Waals surface area contributed by atoms with Gasteiger partial charge in [-0.05, 0) is 70.0 Å². The number of aromatic nitrogens is 2. The van der Waals surface area contributed by atoms with Gasteiger partial charge in [0.25, 0.3) is 0 Å². The van der Waals surface area contributed by atoms with Gasteiger partial charge < -0.3 is 25.1 Å². The highest BCUT2D eigenvalue weighted by Crippen LogP contribution is 2.27. The lowest BCUT2D eigenvalue weighted by molar-refractivity contribution is -0.125. The van der Waals surface area contributed by atoms with Gasteiger partial charge in [-0.25, -0.2) is 4.39 Å². The topological polar surface area (TPSA) is 125 Å². The molecule has 9 nitrogen and oxygen atoms in total. The highest BCUT2D eigenvalue weighted by molar-refractivity contribution is 6.01. The molecule has 0 saturated carbocycles. The van der Waals surface area contributed by atoms with Gasteiger partial charge in [-0.2, -0.15) is 4.98 Å². The number of hydrogen-bond donors (Lipinski definition) is 2. The first-order valence-electron chi connectivity index (χ1n) is 12.5. The number of amides is 1. The Morgan fingerprint density at radius 2 is 2.00 bits per heavy atom. The maximum absolute atomic E-state index is 14.7. The average molecular weight is 526 g/mol. The molecule has 2 unspecified atom stereocenters. The van der Waals surface area contributed by atoms with E-state index in [1.54, 1.807) is 45.9 Å². The molecule has 204 valence electrons. The van der Waals surface area contributed by atoms with Gasteiger partial charge in [0.1, 0.15) is 11.6 Å². The standard InChI is InChI=1S/C28H36FN5O4/c1-16(2)27-31-25(34-38-27)20-8-11-22(12-9-20)36-18(4)19(5)37-33-17(3)21-10-13-23(24(29)14-21)26(35)32-28(6,7)15-30/h8-12,14,16,18,23H,5,13,15,30H2,1-4,6-7H3,(H,32,35)/b33-17+. The lowest BCUT2D eigenvalue weighted by Crippen LogP contribution is -2.51. The van der Waals surface area contributed by atoms with E-state index in [9.17, 15) is 9.18 Å². The van der Waals surface area contributed by atoms with E-state index < -0.39 is 29.3 Å². The van der Waals surface area contributed by atoms with Crippen molar-refractivity contribution in [1.29, 1.82) is 0 Å². The van der Waals surface area contributed by atoms with Gasteiger partial charge in [-0.1, -0.05) is 36.8 Å². The number of carbonyl (C=O) groups excluding carboxylic acids is 1. The molecule has 38 heavy (non-hydrogen) atoms. The highest BCUT2D eigenvalue weighted by atomic mass is 19.1. The van der Waals surface area contributed by atoms with Gasteiger partial charge in [0.2, 0.25) is 17.6 Å². The molecule has 1 aliphatic rings. The van der Waals surface area contributed by atoms with Crippen molar-refractivity contribution in [3.05, 3.63) is 66.0 Å². The third-order valence-corrected chi connectivity index (χ3v) is 6.02. The fourth-order valence-corrected chi connectivity index (χ4v) is 3.41. The zero-order chi connectivity index (χ0) is 28.0. The number of benzene rings is 1. The van der Waals surface area contributed by atoms with Crippen molar-refractivity contribution >= 4 is 11.6 Å². The zero-order valence-electron chi connectivity index (χ0n) is 22.7. The Morgan fingerprint density at radius 1 is 1.32 bits per heavy atom. The first-order valence-corrected chi connectivity index (χ1v) is 12.5. The molecule has 10 heteroatoms. The zero-order valence-corrected chi connectivity index (χ0v) is 22.7. The van der Waals surface area contributed by atoms with Crippen LogP contribution in [-0.2, 0) is 9.63 Å². The summed E-state index contributed by atoms with van der Waals surface area (Å²) in [6.07, 6.45) is 2.74. The smallest absolute Gasteiger partial charge is 0.230 e. The molecular formula is C28H36FN5O4. The minimum atomic E-state index is -0.898. The van der Waals surface area contributed by atoms with Crippen molar-refractivity contribution in [2.24, 2.45) is 16.8 Å². The summed E-state index contributed by atoms with van der Waals surface area (Å²) in [6.45, 7) is 15.1. The number of rotatable bonds is 11. The Bertz CT molecular complexity index is 1240. The lowest BCUT2D eigenvalue weighted by Gasteiger charge is -2.27. The number of carbonyl (C=O) groups is 1. The van der Waals surface area contributed by atoms with Crippen LogP contribution in [0.5, 0.6) is 5.75 Å². The fraction of sp³-hybridized carbons (Fsp3) is 0.429. The van der Waals surface area contributed by atoms with Crippen LogP contribution >= 0.6 is 0 Å². The number of halogens is 1. The molecule has 1 aliphatic carbocycles. The minimum absolute atomic E-state index is 0.152. The fourth-order valence-electron chi connectivity index (χ4n) is 3.41. The van der Waals surface area contributed by atoms with E-state index in [1.807, 2.05) is 26.0 Å². The molecule has 1 heterocycles. The first kappa shape index (κ1) is 28.8. The minimum Gasteiger partial charge on any atom is -0.483 e. The van der Waals surface area contributed by atoms with Crippen molar-refractivity contribution < 1.29 is 23.3 Å². The highest BCUT2D eigenvalue weighted by Gasteiger charge is 2.29. The van der Waals surface area contributed by atoms with Crippen LogP contribution < -0.4 is 15.8 Å². The molecule has 2 aromatic rings. The summed E-state index contributed by atoms with van der Waals surface area (Å²) >= 11 is 0. The number of allylic oxidation sites excluding steroid dienone is 3. The average Bonchev–Trinajstić information content (AvgIpc) is 3.38. The molecule has 2 atom stereocenters. The van der Waals surface area contributed by atoms with E-state index in [4.69, 9.17) is 19.8 Å². The summed E-state index contributed by atoms with van der Waals surface area (Å²) in [5.74, 6) is 0.279. The van der Waals surface area contributed by atoms with Crippen molar-refractivity contribution in [2.45, 2.75) is 65.5 Å². The number of nitrogens with one attached hydrogen (secondary N) is 1. The third-order valence-electron chi connectivity index (χ3n) is 6.02. The molecular weight excluding hydrogens is 489 g/mol. The molecule has 0 fully saturated rings. The molecule has 1 aromatic heterocycles. The molecule has 1 aromatic carbocycles. The van der Waals surface area contributed by atoms with Crippen LogP contribution in [0.1, 0.15) is 59.8 Å². The molecule has 0 saturated heterocycles. The molecule has 0 spiro atoms. The quantitative estimate of drug-likeness (QED) is 0.235. The second kappa shape index (κ2) is 12.2. The Kier molecular flexibility index (Phi) is 9.22. The molecule has 0 bridgehead atoms. The van der Waals surface area contributed by atoms with E-state index in [0.29, 0.717) is 28.7 Å². The van der Waals surface area contributed by atoms with Gasteiger partial charge in [0.15, 0.2) is 11.9 Å². The summed E-state index contributed by atoms with van der Waals surface area (Å²) in [7, 11) is 0. The van der Waals surface area contributed by atoms with Gasteiger partial charge in [0, 0.05) is 23.6 Å². The first-order chi connectivity index (χ1) is 17.9. The van der Waals surface area contributed by atoms with Crippen LogP contribution in [0.15, 0.2) is 69.8 Å². The molecule has 1 amide bonds. The summed E-state index contributed by atoms with van der Waals surface area (Å²) < 4.78 is 25.9. The van der Waals surface area contributed by atoms with Crippen molar-refractivity contribution in [3.8, 4) is 17.1 Å². The maximum Gasteiger partial charge on any atom is 0.230 e. The van der Waals surface area contributed by atoms with E-state index in [0.717, 1.165) is 5.56 Å². The molecule has 3 rings (SSSR count). The van der Waals surface area contributed by atoms with Gasteiger partial charge in [0.05, 0.1) is 11.6 Å². The Balaban J connectivity index is 1.54. The monoisotopic (exact) mass is 525 g/mol. The Morgan fingerprint density at radius 3 is 2.58 bits per heavy atom. The molecule has 0 aliphatic heterocycles. The number of oxime groups is 1. The number of nitrogens with zero attached hydrogens (tertiary/aromatic N) is 3. The normalized spacial score (nSPS) is 17.0. The second-order valence-electron chi connectivity index (χ2n) is 10.2. The van der Waals surface area contributed by atoms with Crippen LogP contribution in [0.3, 0.4) is 0 Å². The van der Waals surface area contributed by atoms with Crippen LogP contribution in [0.25, 0.3) is 11.4 Å². The van der Waals surface area contributed by atoms with Crippen LogP contribution in [0, 0.1) is 5.92 Å². The summed E-state index contributed by atoms with van der Waals surface area (Å²) in [6, 6.07) is 7.26. The predicted molar refractivity (Wildman–Crippen MR) is 144 cm³/mol. The number of ether oxygens (including phenoxy) is 1. The van der Waals surface area contributed by atoms with E-state index in [2.05, 4.69) is 27.2 Å². The number of hydrogen-bond acceptors (Lipinski definition) is 8. The Hall–Kier alpha value is -3.79. The van der Waals surface area contributed by atoms with Gasteiger partial charge >= 0.3 is 0 Å². The lowest BCUT2D eigenvalue weighted by atomic mass is 9.92.